The van der Waals surface area contributed by atoms with E-state index >= 15 is 0 Å². The van der Waals surface area contributed by atoms with Gasteiger partial charge in [0.2, 0.25) is 5.91 Å². The van der Waals surface area contributed by atoms with Crippen molar-refractivity contribution in [3.05, 3.63) is 125 Å². The van der Waals surface area contributed by atoms with Gasteiger partial charge in [-0.25, -0.2) is 0 Å². The Balaban J connectivity index is 1.33. The molecular weight excluding hydrogens is 538 g/mol. The van der Waals surface area contributed by atoms with Gasteiger partial charge in [-0.3, -0.25) is 9.78 Å². The van der Waals surface area contributed by atoms with Crippen LogP contribution in [0.2, 0.25) is 0 Å². The first-order chi connectivity index (χ1) is 20.3. The van der Waals surface area contributed by atoms with E-state index < -0.39 is 0 Å². The Morgan fingerprint density at radius 2 is 1.71 bits per heavy atom. The Hall–Kier alpha value is -4.49. The molecule has 2 atom stereocenters. The van der Waals surface area contributed by atoms with Crippen LogP contribution in [-0.4, -0.2) is 32.0 Å². The topological polar surface area (TPSA) is 62.2 Å². The van der Waals surface area contributed by atoms with E-state index in [1.54, 1.807) is 0 Å². The second-order valence-electron chi connectivity index (χ2n) is 11.0. The van der Waals surface area contributed by atoms with Crippen molar-refractivity contribution >= 4 is 39.7 Å². The van der Waals surface area contributed by atoms with Gasteiger partial charge in [0, 0.05) is 47.3 Å². The maximum Gasteiger partial charge on any atom is 0.226 e. The number of nitrogens with zero attached hydrogens (tertiary/aromatic N) is 3. The summed E-state index contributed by atoms with van der Waals surface area (Å²) < 4.78 is 2.33. The maximum absolute atomic E-state index is 13.3. The second-order valence-corrected chi connectivity index (χ2v) is 11.4. The third-order valence-electron chi connectivity index (χ3n) is 8.45. The number of carbonyl (C=O) groups excluding carboxylic acids is 1. The zero-order valence-corrected chi connectivity index (χ0v) is 25.2. The molecule has 6 nitrogen and oxygen atoms in total. The maximum atomic E-state index is 13.3. The molecule has 0 spiro atoms. The Labute approximate surface area is 252 Å². The molecule has 0 bridgehead atoms. The summed E-state index contributed by atoms with van der Waals surface area (Å²) in [4.78, 5) is 20.1. The number of benzene rings is 3. The van der Waals surface area contributed by atoms with Crippen LogP contribution >= 0.6 is 12.2 Å². The highest BCUT2D eigenvalue weighted by Crippen LogP contribution is 2.41. The van der Waals surface area contributed by atoms with E-state index in [0.29, 0.717) is 18.1 Å². The lowest BCUT2D eigenvalue weighted by molar-refractivity contribution is -0.116. The monoisotopic (exact) mass is 573 g/mol. The zero-order chi connectivity index (χ0) is 29.4. The van der Waals surface area contributed by atoms with Gasteiger partial charge < -0.3 is 20.1 Å². The van der Waals surface area contributed by atoms with Crippen LogP contribution in [-0.2, 0) is 4.79 Å². The highest BCUT2D eigenvalue weighted by atomic mass is 32.1. The predicted molar refractivity (Wildman–Crippen MR) is 174 cm³/mol. The summed E-state index contributed by atoms with van der Waals surface area (Å²) in [6.45, 7) is 9.12. The first kappa shape index (κ1) is 27.7. The molecule has 6 rings (SSSR count). The van der Waals surface area contributed by atoms with E-state index in [2.05, 4.69) is 84.2 Å². The summed E-state index contributed by atoms with van der Waals surface area (Å²) in [5.41, 5.74) is 8.92. The van der Waals surface area contributed by atoms with Gasteiger partial charge in [-0.15, -0.1) is 0 Å². The largest absolute Gasteiger partial charge is 0.352 e. The van der Waals surface area contributed by atoms with E-state index in [0.717, 1.165) is 33.5 Å². The van der Waals surface area contributed by atoms with Gasteiger partial charge in [-0.1, -0.05) is 54.6 Å². The molecule has 0 radical (unpaired) electrons. The molecule has 3 heterocycles. The van der Waals surface area contributed by atoms with Crippen molar-refractivity contribution in [2.75, 3.05) is 11.9 Å². The van der Waals surface area contributed by atoms with E-state index in [4.69, 9.17) is 17.2 Å². The molecule has 1 fully saturated rings. The van der Waals surface area contributed by atoms with Gasteiger partial charge in [-0.05, 0) is 92.3 Å². The number of hydrogen-bond donors (Lipinski definition) is 2. The van der Waals surface area contributed by atoms with E-state index in [1.165, 1.54) is 22.4 Å². The lowest BCUT2D eigenvalue weighted by Gasteiger charge is -2.28. The van der Waals surface area contributed by atoms with Gasteiger partial charge in [0.05, 0.1) is 17.8 Å². The molecule has 1 aliphatic heterocycles. The van der Waals surface area contributed by atoms with Crippen LogP contribution in [0.3, 0.4) is 0 Å². The number of amides is 1. The average Bonchev–Trinajstić information content (AvgIpc) is 3.48. The minimum absolute atomic E-state index is 0.0463. The van der Waals surface area contributed by atoms with Crippen LogP contribution in [0.15, 0.2) is 91.1 Å². The smallest absolute Gasteiger partial charge is 0.226 e. The number of fused-ring (bicyclic) bond motifs is 1. The average molecular weight is 574 g/mol. The Kier molecular flexibility index (Phi) is 7.52. The van der Waals surface area contributed by atoms with Gasteiger partial charge in [0.25, 0.3) is 0 Å². The molecular formula is C35H35N5OS. The number of nitrogens with one attached hydrogen (secondary N) is 2. The first-order valence-electron chi connectivity index (χ1n) is 14.3. The van der Waals surface area contributed by atoms with Crippen LogP contribution in [0, 0.1) is 27.7 Å². The number of anilines is 1. The number of rotatable bonds is 7. The molecule has 0 saturated carbocycles. The van der Waals surface area contributed by atoms with Gasteiger partial charge in [0.15, 0.2) is 5.11 Å². The molecule has 1 amide bonds. The second kappa shape index (κ2) is 11.4. The zero-order valence-electron chi connectivity index (χ0n) is 24.4. The number of thiocarbonyl (C=S) groups is 1. The first-order valence-corrected chi connectivity index (χ1v) is 14.8. The van der Waals surface area contributed by atoms with Gasteiger partial charge in [-0.2, -0.15) is 0 Å². The number of aryl methyl sites for hydroxylation is 2. The number of pyridine rings is 1. The molecule has 2 N–H and O–H groups in total. The quantitative estimate of drug-likeness (QED) is 0.201. The molecule has 2 aromatic heterocycles. The van der Waals surface area contributed by atoms with Crippen molar-refractivity contribution < 1.29 is 4.79 Å². The van der Waals surface area contributed by atoms with Crippen LogP contribution in [0.4, 0.5) is 5.69 Å². The normalized spacial score (nSPS) is 16.6. The molecule has 212 valence electrons. The van der Waals surface area contributed by atoms with E-state index in [-0.39, 0.29) is 18.0 Å². The van der Waals surface area contributed by atoms with Crippen LogP contribution in [0.25, 0.3) is 16.5 Å². The third-order valence-corrected chi connectivity index (χ3v) is 8.80. The molecule has 0 aliphatic carbocycles. The fourth-order valence-corrected chi connectivity index (χ4v) is 6.52. The number of carbonyl (C=O) groups is 1. The molecule has 1 saturated heterocycles. The number of aromatic nitrogens is 2. The van der Waals surface area contributed by atoms with Gasteiger partial charge >= 0.3 is 0 Å². The molecule has 7 heteroatoms. The molecule has 1 aliphatic rings. The van der Waals surface area contributed by atoms with Crippen LogP contribution in [0.1, 0.15) is 52.3 Å². The summed E-state index contributed by atoms with van der Waals surface area (Å²) in [5.74, 6) is -0.0463. The fourth-order valence-electron chi connectivity index (χ4n) is 6.19. The Bertz CT molecular complexity index is 1790. The Morgan fingerprint density at radius 3 is 2.52 bits per heavy atom. The minimum atomic E-state index is -0.146. The Morgan fingerprint density at radius 1 is 0.952 bits per heavy atom. The van der Waals surface area contributed by atoms with Crippen molar-refractivity contribution in [1.29, 1.82) is 0 Å². The summed E-state index contributed by atoms with van der Waals surface area (Å²) in [6, 6.07) is 28.4. The van der Waals surface area contributed by atoms with E-state index in [1.807, 2.05) is 54.7 Å². The van der Waals surface area contributed by atoms with Crippen molar-refractivity contribution in [3.63, 3.8) is 0 Å². The van der Waals surface area contributed by atoms with E-state index in [9.17, 15) is 4.79 Å². The summed E-state index contributed by atoms with van der Waals surface area (Å²) in [7, 11) is 0. The number of hydrogen-bond acceptors (Lipinski definition) is 3. The minimum Gasteiger partial charge on any atom is -0.352 e. The fraction of sp³-hybridized carbons (Fsp3) is 0.229. The molecule has 5 aromatic rings. The summed E-state index contributed by atoms with van der Waals surface area (Å²) >= 11 is 5.90. The van der Waals surface area contributed by atoms with Crippen molar-refractivity contribution in [1.82, 2.24) is 19.8 Å². The van der Waals surface area contributed by atoms with Gasteiger partial charge in [0.1, 0.15) is 0 Å². The third kappa shape index (κ3) is 5.05. The molecule has 3 aromatic carbocycles. The highest BCUT2D eigenvalue weighted by Gasteiger charge is 2.41. The van der Waals surface area contributed by atoms with Crippen LogP contribution < -0.4 is 10.6 Å². The highest BCUT2D eigenvalue weighted by molar-refractivity contribution is 7.80. The standard InChI is InChI=1S/C35H35N5OS/c1-22-11-9-17-31(24(22)3)40-23(2)21-28(25(40)4)34-33(30-15-7-8-19-36-30)38-35(42)39(34)20-18-32(41)37-29-16-10-13-26-12-5-6-14-27(26)29/h5-17,19,21,33-34H,18,20H2,1-4H3,(H,37,41)(H,38,42). The SMILES string of the molecule is Cc1cccc(-n2c(C)cc(C3C(c4ccccn4)NC(=S)N3CCC(=O)Nc3cccc4ccccc34)c2C)c1C. The lowest BCUT2D eigenvalue weighted by atomic mass is 9.96. The van der Waals surface area contributed by atoms with Crippen molar-refractivity contribution in [2.24, 2.45) is 0 Å². The molecule has 42 heavy (non-hydrogen) atoms. The summed E-state index contributed by atoms with van der Waals surface area (Å²) in [6.07, 6.45) is 2.11. The van der Waals surface area contributed by atoms with Crippen molar-refractivity contribution in [2.45, 2.75) is 46.2 Å². The van der Waals surface area contributed by atoms with Crippen LogP contribution in [0.5, 0.6) is 0 Å². The molecule has 2 unspecified atom stereocenters. The summed E-state index contributed by atoms with van der Waals surface area (Å²) in [5, 5.41) is 9.42. The van der Waals surface area contributed by atoms with Crippen molar-refractivity contribution in [3.8, 4) is 5.69 Å². The lowest BCUT2D eigenvalue weighted by Crippen LogP contribution is -2.33. The predicted octanol–water partition coefficient (Wildman–Crippen LogP) is 7.26.